The first-order valence-electron chi connectivity index (χ1n) is 9.89. The van der Waals surface area contributed by atoms with E-state index in [1.54, 1.807) is 6.20 Å². The van der Waals surface area contributed by atoms with Crippen LogP contribution in [0.2, 0.25) is 0 Å². The summed E-state index contributed by atoms with van der Waals surface area (Å²) >= 11 is 0. The topological polar surface area (TPSA) is 106 Å². The zero-order valence-corrected chi connectivity index (χ0v) is 17.9. The van der Waals surface area contributed by atoms with Crippen molar-refractivity contribution >= 4 is 22.8 Å². The number of alkyl halides is 3. The number of aromatic amines is 1. The molecule has 0 aliphatic rings. The Morgan fingerprint density at radius 3 is 2.55 bits per heavy atom. The molecule has 0 aliphatic carbocycles. The first-order valence-corrected chi connectivity index (χ1v) is 9.89. The minimum absolute atomic E-state index is 0.128. The number of fused-ring (bicyclic) bond motifs is 1. The summed E-state index contributed by atoms with van der Waals surface area (Å²) in [4.78, 5) is 21.6. The van der Waals surface area contributed by atoms with Gasteiger partial charge >= 0.3 is 6.18 Å². The van der Waals surface area contributed by atoms with Gasteiger partial charge in [0.15, 0.2) is 0 Å². The van der Waals surface area contributed by atoms with Gasteiger partial charge < -0.3 is 15.2 Å². The Kier molecular flexibility index (Phi) is 5.59. The van der Waals surface area contributed by atoms with E-state index in [-0.39, 0.29) is 34.3 Å². The molecule has 0 saturated heterocycles. The van der Waals surface area contributed by atoms with Crippen LogP contribution in [0.3, 0.4) is 0 Å². The Labute approximate surface area is 187 Å². The van der Waals surface area contributed by atoms with Crippen LogP contribution < -0.4 is 10.2 Å². The molecule has 0 fully saturated rings. The molecule has 0 radical (unpaired) electrons. The Morgan fingerprint density at radius 2 is 1.91 bits per heavy atom. The largest absolute Gasteiger partial charge is 0.417 e. The predicted molar refractivity (Wildman–Crippen MR) is 117 cm³/mol. The van der Waals surface area contributed by atoms with Gasteiger partial charge in [-0.3, -0.25) is 0 Å². The molecule has 0 aromatic carbocycles. The molecule has 8 nitrogen and oxygen atoms in total. The molecule has 33 heavy (non-hydrogen) atoms. The van der Waals surface area contributed by atoms with Crippen molar-refractivity contribution in [3.63, 3.8) is 0 Å². The van der Waals surface area contributed by atoms with Gasteiger partial charge in [-0.25, -0.2) is 19.9 Å². The van der Waals surface area contributed by atoms with E-state index < -0.39 is 11.7 Å². The monoisotopic (exact) mass is 452 g/mol. The molecule has 1 unspecified atom stereocenters. The van der Waals surface area contributed by atoms with Crippen LogP contribution in [0.4, 0.5) is 24.9 Å². The van der Waals surface area contributed by atoms with Crippen LogP contribution in [0, 0.1) is 11.3 Å². The Balaban J connectivity index is 1.70. The molecule has 0 bridgehead atoms. The maximum Gasteiger partial charge on any atom is 0.417 e. The molecular formula is C22H19F3N8. The Morgan fingerprint density at radius 1 is 1.12 bits per heavy atom. The standard InChI is InChI=1S/C22H19F3N8/c1-12(13-4-5-18(27-8-13)33(2)3)31-21-30-9-14(7-26)19(32-21)17-11-29-20-16(17)6-15(10-28-20)22(23,24)25/h4-6,8-12H,1-3H3,(H,28,29)(H,30,31,32). The van der Waals surface area contributed by atoms with Crippen molar-refractivity contribution in [2.45, 2.75) is 19.1 Å². The quantitative estimate of drug-likeness (QED) is 0.458. The molecule has 0 spiro atoms. The zero-order chi connectivity index (χ0) is 23.8. The lowest BCUT2D eigenvalue weighted by Crippen LogP contribution is -2.13. The second-order valence-corrected chi connectivity index (χ2v) is 7.60. The van der Waals surface area contributed by atoms with Gasteiger partial charge in [0.25, 0.3) is 0 Å². The van der Waals surface area contributed by atoms with Crippen molar-refractivity contribution in [2.24, 2.45) is 0 Å². The molecule has 4 heterocycles. The number of rotatable bonds is 5. The smallest absolute Gasteiger partial charge is 0.363 e. The molecule has 11 heteroatoms. The normalized spacial score (nSPS) is 12.4. The molecular weight excluding hydrogens is 433 g/mol. The van der Waals surface area contributed by atoms with Gasteiger partial charge in [-0.05, 0) is 24.6 Å². The third-order valence-electron chi connectivity index (χ3n) is 5.10. The van der Waals surface area contributed by atoms with Crippen LogP contribution in [-0.2, 0) is 6.18 Å². The highest BCUT2D eigenvalue weighted by atomic mass is 19.4. The fourth-order valence-corrected chi connectivity index (χ4v) is 3.29. The lowest BCUT2D eigenvalue weighted by molar-refractivity contribution is -0.137. The first kappa shape index (κ1) is 22.0. The molecule has 4 rings (SSSR count). The van der Waals surface area contributed by atoms with Crippen molar-refractivity contribution in [3.8, 4) is 17.3 Å². The average molecular weight is 452 g/mol. The van der Waals surface area contributed by atoms with E-state index in [2.05, 4.69) is 30.2 Å². The summed E-state index contributed by atoms with van der Waals surface area (Å²) in [5, 5.41) is 12.9. The number of nitrogens with zero attached hydrogens (tertiary/aromatic N) is 6. The predicted octanol–water partition coefficient (Wildman–Crippen LogP) is 4.54. The van der Waals surface area contributed by atoms with Gasteiger partial charge in [-0.15, -0.1) is 0 Å². The van der Waals surface area contributed by atoms with E-state index in [1.807, 2.05) is 44.1 Å². The number of anilines is 2. The minimum Gasteiger partial charge on any atom is -0.363 e. The highest BCUT2D eigenvalue weighted by molar-refractivity contribution is 5.94. The van der Waals surface area contributed by atoms with E-state index in [1.165, 1.54) is 12.4 Å². The van der Waals surface area contributed by atoms with Gasteiger partial charge in [0.05, 0.1) is 29.1 Å². The third kappa shape index (κ3) is 4.41. The highest BCUT2D eigenvalue weighted by Gasteiger charge is 2.31. The Hall–Kier alpha value is -4.20. The highest BCUT2D eigenvalue weighted by Crippen LogP contribution is 2.35. The van der Waals surface area contributed by atoms with Crippen LogP contribution in [0.1, 0.15) is 29.7 Å². The molecule has 0 amide bonds. The van der Waals surface area contributed by atoms with Gasteiger partial charge in [-0.2, -0.15) is 18.4 Å². The number of aromatic nitrogens is 5. The third-order valence-corrected chi connectivity index (χ3v) is 5.10. The lowest BCUT2D eigenvalue weighted by atomic mass is 10.1. The van der Waals surface area contributed by atoms with E-state index in [4.69, 9.17) is 0 Å². The van der Waals surface area contributed by atoms with Crippen molar-refractivity contribution in [1.82, 2.24) is 24.9 Å². The maximum absolute atomic E-state index is 13.2. The van der Waals surface area contributed by atoms with Crippen molar-refractivity contribution < 1.29 is 13.2 Å². The second-order valence-electron chi connectivity index (χ2n) is 7.60. The molecule has 0 aliphatic heterocycles. The number of H-pyrrole nitrogens is 1. The summed E-state index contributed by atoms with van der Waals surface area (Å²) < 4.78 is 39.6. The van der Waals surface area contributed by atoms with E-state index >= 15 is 0 Å². The van der Waals surface area contributed by atoms with Gasteiger partial charge in [0, 0.05) is 43.6 Å². The molecule has 4 aromatic rings. The number of halogens is 3. The van der Waals surface area contributed by atoms with Crippen LogP contribution in [-0.4, -0.2) is 39.0 Å². The fourth-order valence-electron chi connectivity index (χ4n) is 3.29. The van der Waals surface area contributed by atoms with Crippen molar-refractivity contribution in [3.05, 3.63) is 59.7 Å². The van der Waals surface area contributed by atoms with E-state index in [9.17, 15) is 18.4 Å². The molecule has 0 saturated carbocycles. The fraction of sp³-hybridized carbons (Fsp3) is 0.227. The summed E-state index contributed by atoms with van der Waals surface area (Å²) in [6.07, 6.45) is 0.778. The average Bonchev–Trinajstić information content (AvgIpc) is 3.21. The number of nitriles is 1. The molecule has 4 aromatic heterocycles. The van der Waals surface area contributed by atoms with Crippen LogP contribution >= 0.6 is 0 Å². The van der Waals surface area contributed by atoms with E-state index in [0.717, 1.165) is 23.6 Å². The van der Waals surface area contributed by atoms with Crippen LogP contribution in [0.25, 0.3) is 22.3 Å². The Bertz CT molecular complexity index is 1340. The molecule has 1 atom stereocenters. The maximum atomic E-state index is 13.2. The molecule has 2 N–H and O–H groups in total. The molecule has 168 valence electrons. The minimum atomic E-state index is -4.54. The van der Waals surface area contributed by atoms with E-state index in [0.29, 0.717) is 5.56 Å². The SMILES string of the molecule is CC(Nc1ncc(C#N)c(-c2c[nH]c3ncc(C(F)(F)F)cc23)n1)c1ccc(N(C)C)nc1. The van der Waals surface area contributed by atoms with Gasteiger partial charge in [0.2, 0.25) is 5.95 Å². The summed E-state index contributed by atoms with van der Waals surface area (Å²) in [5.41, 5.74) is 0.926. The van der Waals surface area contributed by atoms with Crippen molar-refractivity contribution in [2.75, 3.05) is 24.3 Å². The number of pyridine rings is 2. The second kappa shape index (κ2) is 8.38. The number of hydrogen-bond acceptors (Lipinski definition) is 7. The number of nitrogens with one attached hydrogen (secondary N) is 2. The number of hydrogen-bond donors (Lipinski definition) is 2. The van der Waals surface area contributed by atoms with Gasteiger partial charge in [-0.1, -0.05) is 6.07 Å². The van der Waals surface area contributed by atoms with Crippen LogP contribution in [0.15, 0.2) is 43.0 Å². The summed E-state index contributed by atoms with van der Waals surface area (Å²) in [6.45, 7) is 1.90. The summed E-state index contributed by atoms with van der Waals surface area (Å²) in [6, 6.07) is 6.59. The zero-order valence-electron chi connectivity index (χ0n) is 17.9. The first-order chi connectivity index (χ1) is 15.7. The van der Waals surface area contributed by atoms with Crippen LogP contribution in [0.5, 0.6) is 0 Å². The summed E-state index contributed by atoms with van der Waals surface area (Å²) in [7, 11) is 3.79. The van der Waals surface area contributed by atoms with Crippen molar-refractivity contribution in [1.29, 1.82) is 5.26 Å². The lowest BCUT2D eigenvalue weighted by Gasteiger charge is -2.16. The summed E-state index contributed by atoms with van der Waals surface area (Å²) in [5.74, 6) is 1.04. The van der Waals surface area contributed by atoms with Gasteiger partial charge in [0.1, 0.15) is 17.5 Å².